The molecule has 1 aromatic rings. The Balaban J connectivity index is 2.33. The van der Waals surface area contributed by atoms with E-state index in [1.807, 2.05) is 0 Å². The molecule has 0 aromatic heterocycles. The van der Waals surface area contributed by atoms with Gasteiger partial charge in [-0.25, -0.2) is 0 Å². The predicted octanol–water partition coefficient (Wildman–Crippen LogP) is 4.50. The van der Waals surface area contributed by atoms with Crippen LogP contribution in [0.5, 0.6) is 5.75 Å². The Kier molecular flexibility index (Phi) is 12.2. The van der Waals surface area contributed by atoms with Crippen molar-refractivity contribution in [2.75, 3.05) is 33.5 Å². The van der Waals surface area contributed by atoms with Gasteiger partial charge in [0.1, 0.15) is 24.1 Å². The maximum Gasteiger partial charge on any atom is 0.262 e. The Hall–Kier alpha value is -0.950. The van der Waals surface area contributed by atoms with E-state index in [1.54, 1.807) is 31.4 Å². The van der Waals surface area contributed by atoms with Gasteiger partial charge in [-0.05, 0) is 43.5 Å². The summed E-state index contributed by atoms with van der Waals surface area (Å²) in [5.41, 5.74) is 0. The molecule has 32 heavy (non-hydrogen) atoms. The Bertz CT molecular complexity index is 681. The summed E-state index contributed by atoms with van der Waals surface area (Å²) in [7, 11) is -2.09. The van der Waals surface area contributed by atoms with Crippen molar-refractivity contribution in [3.63, 3.8) is 0 Å². The van der Waals surface area contributed by atoms with Crippen LogP contribution in [0.3, 0.4) is 0 Å². The maximum atomic E-state index is 14.1. The first-order valence-electron chi connectivity index (χ1n) is 11.9. The zero-order chi connectivity index (χ0) is 23.4. The summed E-state index contributed by atoms with van der Waals surface area (Å²) in [4.78, 5) is 0. The van der Waals surface area contributed by atoms with Gasteiger partial charge in [-0.15, -0.1) is 0 Å². The summed E-state index contributed by atoms with van der Waals surface area (Å²) in [6.45, 7) is 8.07. The second-order valence-corrected chi connectivity index (χ2v) is 10.6. The first-order chi connectivity index (χ1) is 15.5. The van der Waals surface area contributed by atoms with Gasteiger partial charge in [0.05, 0.1) is 13.7 Å². The third kappa shape index (κ3) is 7.28. The molecule has 184 valence electrons. The van der Waals surface area contributed by atoms with Crippen molar-refractivity contribution in [2.45, 2.75) is 83.5 Å². The van der Waals surface area contributed by atoms with E-state index in [0.29, 0.717) is 30.9 Å². The number of ether oxygens (including phenoxy) is 4. The van der Waals surface area contributed by atoms with E-state index >= 15 is 0 Å². The Morgan fingerprint density at radius 1 is 0.906 bits per heavy atom. The molecule has 1 unspecified atom stereocenters. The van der Waals surface area contributed by atoms with Gasteiger partial charge in [-0.3, -0.25) is 4.57 Å². The van der Waals surface area contributed by atoms with E-state index in [1.165, 1.54) is 0 Å². The third-order valence-corrected chi connectivity index (χ3v) is 8.19. The van der Waals surface area contributed by atoms with E-state index < -0.39 is 31.5 Å². The molecule has 7 nitrogen and oxygen atoms in total. The number of rotatable bonds is 15. The van der Waals surface area contributed by atoms with Crippen LogP contribution in [0.15, 0.2) is 24.3 Å². The van der Waals surface area contributed by atoms with Crippen LogP contribution in [0.2, 0.25) is 0 Å². The molecule has 0 saturated carbocycles. The summed E-state index contributed by atoms with van der Waals surface area (Å²) >= 11 is 0. The Labute approximate surface area is 193 Å². The van der Waals surface area contributed by atoms with Gasteiger partial charge in [-0.1, -0.05) is 40.0 Å². The number of aliphatic hydroxyl groups is 1. The van der Waals surface area contributed by atoms with E-state index in [2.05, 4.69) is 20.8 Å². The summed E-state index contributed by atoms with van der Waals surface area (Å²) in [6.07, 6.45) is 3.70. The number of unbranched alkanes of at least 4 members (excludes halogenated alkanes) is 3. The van der Waals surface area contributed by atoms with E-state index in [4.69, 9.17) is 23.5 Å². The van der Waals surface area contributed by atoms with E-state index in [0.717, 1.165) is 38.5 Å². The van der Waals surface area contributed by atoms with E-state index in [-0.39, 0.29) is 6.61 Å². The molecule has 1 heterocycles. The van der Waals surface area contributed by atoms with Crippen molar-refractivity contribution in [1.29, 1.82) is 0 Å². The van der Waals surface area contributed by atoms with Gasteiger partial charge in [-0.2, -0.15) is 0 Å². The number of hydrogen-bond acceptors (Lipinski definition) is 7. The molecule has 1 fully saturated rings. The first kappa shape index (κ1) is 27.3. The molecule has 1 aliphatic rings. The minimum atomic E-state index is -3.67. The predicted molar refractivity (Wildman–Crippen MR) is 126 cm³/mol. The molecule has 1 aliphatic heterocycles. The lowest BCUT2D eigenvalue weighted by Gasteiger charge is -2.44. The van der Waals surface area contributed by atoms with Crippen molar-refractivity contribution < 1.29 is 33.1 Å². The van der Waals surface area contributed by atoms with Crippen LogP contribution in [-0.4, -0.2) is 62.8 Å². The largest absolute Gasteiger partial charge is 0.497 e. The fourth-order valence-electron chi connectivity index (χ4n) is 3.58. The molecule has 0 spiro atoms. The van der Waals surface area contributed by atoms with Gasteiger partial charge in [0, 0.05) is 25.1 Å². The molecule has 0 aliphatic carbocycles. The number of hydrogen-bond donors (Lipinski definition) is 1. The molecule has 0 radical (unpaired) electrons. The van der Waals surface area contributed by atoms with Crippen LogP contribution >= 0.6 is 7.37 Å². The molecule has 8 heteroatoms. The molecule has 2 rings (SSSR count). The first-order valence-corrected chi connectivity index (χ1v) is 13.6. The molecular formula is C24H41O7P. The fraction of sp³-hybridized carbons (Fsp3) is 0.750. The van der Waals surface area contributed by atoms with Gasteiger partial charge in [0.25, 0.3) is 7.37 Å². The Morgan fingerprint density at radius 2 is 1.47 bits per heavy atom. The quantitative estimate of drug-likeness (QED) is 0.297. The summed E-state index contributed by atoms with van der Waals surface area (Å²) in [5, 5.41) is 11.7. The van der Waals surface area contributed by atoms with Gasteiger partial charge in [0.15, 0.2) is 5.85 Å². The maximum absolute atomic E-state index is 14.1. The minimum Gasteiger partial charge on any atom is -0.497 e. The SMILES string of the molecule is CCCCOC[C@H]1O[P@@](=O)(c2ccc(OC)cc2)C(O)[C@@H](OCCCC)[C@@H]1OCCCC. The van der Waals surface area contributed by atoms with Crippen LogP contribution in [0, 0.1) is 0 Å². The minimum absolute atomic E-state index is 0.233. The lowest BCUT2D eigenvalue weighted by molar-refractivity contribution is -0.166. The average molecular weight is 473 g/mol. The average Bonchev–Trinajstić information content (AvgIpc) is 2.81. The second-order valence-electron chi connectivity index (χ2n) is 8.16. The Morgan fingerprint density at radius 3 is 2.03 bits per heavy atom. The van der Waals surface area contributed by atoms with Crippen molar-refractivity contribution in [3.8, 4) is 5.75 Å². The second kappa shape index (κ2) is 14.3. The topological polar surface area (TPSA) is 83.5 Å². The molecule has 5 atom stereocenters. The monoisotopic (exact) mass is 472 g/mol. The zero-order valence-electron chi connectivity index (χ0n) is 20.0. The smallest absolute Gasteiger partial charge is 0.262 e. The number of aliphatic hydroxyl groups excluding tert-OH is 1. The summed E-state index contributed by atoms with van der Waals surface area (Å²) in [5.74, 6) is -0.686. The third-order valence-electron chi connectivity index (χ3n) is 5.60. The lowest BCUT2D eigenvalue weighted by atomic mass is 10.1. The number of methoxy groups -OCH3 is 1. The van der Waals surface area contributed by atoms with Crippen LogP contribution < -0.4 is 10.0 Å². The molecule has 1 aromatic carbocycles. The highest BCUT2D eigenvalue weighted by atomic mass is 31.2. The van der Waals surface area contributed by atoms with Crippen molar-refractivity contribution in [1.82, 2.24) is 0 Å². The molecular weight excluding hydrogens is 431 g/mol. The van der Waals surface area contributed by atoms with Crippen LogP contribution in [-0.2, 0) is 23.3 Å². The normalized spacial score (nSPS) is 28.0. The summed E-state index contributed by atoms with van der Waals surface area (Å²) in [6, 6.07) is 6.79. The highest BCUT2D eigenvalue weighted by Gasteiger charge is 2.54. The lowest BCUT2D eigenvalue weighted by Crippen LogP contribution is -2.55. The molecule has 1 N–H and O–H groups in total. The van der Waals surface area contributed by atoms with Crippen molar-refractivity contribution >= 4 is 12.7 Å². The van der Waals surface area contributed by atoms with Crippen LogP contribution in [0.4, 0.5) is 0 Å². The molecule has 0 bridgehead atoms. The van der Waals surface area contributed by atoms with Crippen LogP contribution in [0.25, 0.3) is 0 Å². The highest BCUT2D eigenvalue weighted by molar-refractivity contribution is 7.67. The van der Waals surface area contributed by atoms with Crippen LogP contribution in [0.1, 0.15) is 59.3 Å². The summed E-state index contributed by atoms with van der Waals surface area (Å²) < 4.78 is 43.5. The van der Waals surface area contributed by atoms with E-state index in [9.17, 15) is 9.67 Å². The van der Waals surface area contributed by atoms with Gasteiger partial charge in [0.2, 0.25) is 0 Å². The molecule has 1 saturated heterocycles. The zero-order valence-corrected chi connectivity index (χ0v) is 20.9. The molecule has 0 amide bonds. The van der Waals surface area contributed by atoms with Gasteiger partial charge >= 0.3 is 0 Å². The number of benzene rings is 1. The van der Waals surface area contributed by atoms with Gasteiger partial charge < -0.3 is 28.6 Å². The standard InChI is InChI=1S/C24H41O7P/c1-5-8-15-28-18-21-22(29-16-9-6-2)23(30-17-10-7-3)24(25)32(26,31-21)20-13-11-19(27-4)12-14-20/h11-14,21-25H,5-10,15-18H2,1-4H3/t21-,22-,23+,24?,32+/m1/s1. The van der Waals surface area contributed by atoms with Crippen molar-refractivity contribution in [3.05, 3.63) is 24.3 Å². The van der Waals surface area contributed by atoms with Crippen molar-refractivity contribution in [2.24, 2.45) is 0 Å². The highest BCUT2D eigenvalue weighted by Crippen LogP contribution is 2.57. The fourth-order valence-corrected chi connectivity index (χ4v) is 5.93.